The van der Waals surface area contributed by atoms with Gasteiger partial charge in [0.2, 0.25) is 5.91 Å². The Morgan fingerprint density at radius 3 is 2.41 bits per heavy atom. The van der Waals surface area contributed by atoms with Crippen LogP contribution in [0, 0.1) is 11.8 Å². The monoisotopic (exact) mass is 625 g/mol. The minimum absolute atomic E-state index is 0.0153. The maximum atomic E-state index is 14.1. The number of ketones is 1. The molecule has 10 nitrogen and oxygen atoms in total. The Labute approximate surface area is 257 Å². The zero-order valence-corrected chi connectivity index (χ0v) is 25.9. The van der Waals surface area contributed by atoms with E-state index in [0.29, 0.717) is 49.6 Å². The fourth-order valence-corrected chi connectivity index (χ4v) is 7.15. The molecule has 1 aromatic heterocycles. The van der Waals surface area contributed by atoms with Gasteiger partial charge in [0.25, 0.3) is 5.91 Å². The fraction of sp³-hybridized carbons (Fsp3) is 0.469. The number of rotatable bonds is 10. The van der Waals surface area contributed by atoms with Crippen LogP contribution in [0.15, 0.2) is 54.6 Å². The van der Waals surface area contributed by atoms with Crippen molar-refractivity contribution < 1.29 is 27.2 Å². The van der Waals surface area contributed by atoms with Gasteiger partial charge >= 0.3 is 10.2 Å². The number of benzene rings is 2. The van der Waals surface area contributed by atoms with Crippen LogP contribution in [-0.2, 0) is 26.2 Å². The highest BCUT2D eigenvalue weighted by Gasteiger charge is 2.44. The molecular weight excluding hydrogens is 585 g/mol. The summed E-state index contributed by atoms with van der Waals surface area (Å²) >= 11 is 0. The summed E-state index contributed by atoms with van der Waals surface area (Å²) in [6, 6.07) is 15.6. The Hall–Kier alpha value is -3.61. The molecule has 1 aliphatic carbocycles. The van der Waals surface area contributed by atoms with Gasteiger partial charge < -0.3 is 15.6 Å². The van der Waals surface area contributed by atoms with Crippen molar-refractivity contribution >= 4 is 38.7 Å². The largest absolute Gasteiger partial charge is 0.350 e. The first-order valence-electron chi connectivity index (χ1n) is 15.0. The maximum Gasteiger partial charge on any atom is 0.303 e. The Morgan fingerprint density at radius 1 is 1.05 bits per heavy atom. The third-order valence-corrected chi connectivity index (χ3v) is 10.6. The van der Waals surface area contributed by atoms with Crippen LogP contribution in [0.1, 0.15) is 59.6 Å². The normalized spacial score (nSPS) is 23.2. The van der Waals surface area contributed by atoms with E-state index in [1.807, 2.05) is 35.1 Å². The molecule has 2 fully saturated rings. The van der Waals surface area contributed by atoms with E-state index in [2.05, 4.69) is 4.98 Å². The van der Waals surface area contributed by atoms with E-state index in [0.717, 1.165) is 15.4 Å². The van der Waals surface area contributed by atoms with Crippen LogP contribution < -0.4 is 10.5 Å². The first-order chi connectivity index (χ1) is 21.0. The van der Waals surface area contributed by atoms with Crippen LogP contribution in [0.25, 0.3) is 10.9 Å². The molecule has 1 saturated heterocycles. The van der Waals surface area contributed by atoms with Gasteiger partial charge in [-0.15, -0.1) is 0 Å². The number of likely N-dealkylation sites (tertiary alicyclic amines) is 1. The van der Waals surface area contributed by atoms with E-state index in [1.165, 1.54) is 14.1 Å². The number of halogens is 1. The molecule has 0 spiro atoms. The number of nitrogens with zero attached hydrogens (tertiary/aromatic N) is 2. The molecule has 3 atom stereocenters. The number of carbonyl (C=O) groups excluding carboxylic acids is 3. The third-order valence-electron chi connectivity index (χ3n) is 9.15. The first-order valence-corrected chi connectivity index (χ1v) is 16.5. The van der Waals surface area contributed by atoms with Crippen molar-refractivity contribution in [2.75, 3.05) is 27.3 Å². The molecule has 0 bridgehead atoms. The van der Waals surface area contributed by atoms with Crippen molar-refractivity contribution in [3.05, 3.63) is 71.4 Å². The number of fused-ring (bicyclic) bond motifs is 1. The van der Waals surface area contributed by atoms with Crippen LogP contribution in [0.5, 0.6) is 0 Å². The number of amides is 2. The van der Waals surface area contributed by atoms with Crippen LogP contribution in [-0.4, -0.2) is 79.6 Å². The number of hydrogen-bond donors (Lipinski definition) is 3. The lowest BCUT2D eigenvalue weighted by molar-refractivity contribution is -0.142. The number of carbonyl (C=O) groups is 3. The topological polar surface area (TPSA) is 146 Å². The number of H-pyrrole nitrogens is 1. The molecule has 0 radical (unpaired) electrons. The fourth-order valence-electron chi connectivity index (χ4n) is 6.63. The minimum Gasteiger partial charge on any atom is -0.350 e. The number of alkyl halides is 1. The molecule has 1 aliphatic heterocycles. The van der Waals surface area contributed by atoms with Crippen LogP contribution in [0.4, 0.5) is 4.39 Å². The van der Waals surface area contributed by atoms with Crippen LogP contribution in [0.2, 0.25) is 0 Å². The van der Waals surface area contributed by atoms with Gasteiger partial charge in [-0.2, -0.15) is 12.7 Å². The van der Waals surface area contributed by atoms with Gasteiger partial charge in [0.15, 0.2) is 5.78 Å². The molecule has 4 N–H and O–H groups in total. The van der Waals surface area contributed by atoms with Gasteiger partial charge in [-0.3, -0.25) is 14.4 Å². The average Bonchev–Trinajstić information content (AvgIpc) is 3.65. The highest BCUT2D eigenvalue weighted by atomic mass is 32.2. The quantitative estimate of drug-likeness (QED) is 0.315. The van der Waals surface area contributed by atoms with Crippen molar-refractivity contribution in [2.24, 2.45) is 17.6 Å². The second-order valence-electron chi connectivity index (χ2n) is 12.2. The second-order valence-corrected chi connectivity index (χ2v) is 14.1. The number of nitrogens with one attached hydrogen (secondary N) is 2. The van der Waals surface area contributed by atoms with Crippen molar-refractivity contribution in [3.8, 4) is 0 Å². The molecule has 2 aliphatic rings. The van der Waals surface area contributed by atoms with Gasteiger partial charge in [0.1, 0.15) is 12.4 Å². The van der Waals surface area contributed by atoms with Crippen LogP contribution >= 0.6 is 0 Å². The minimum atomic E-state index is -3.96. The van der Waals surface area contributed by atoms with Crippen molar-refractivity contribution in [3.63, 3.8) is 0 Å². The van der Waals surface area contributed by atoms with E-state index in [1.54, 1.807) is 29.2 Å². The first kappa shape index (κ1) is 31.8. The van der Waals surface area contributed by atoms with E-state index in [4.69, 9.17) is 5.73 Å². The van der Waals surface area contributed by atoms with E-state index < -0.39 is 34.9 Å². The molecule has 2 heterocycles. The van der Waals surface area contributed by atoms with E-state index in [9.17, 15) is 27.2 Å². The average molecular weight is 626 g/mol. The summed E-state index contributed by atoms with van der Waals surface area (Å²) in [4.78, 5) is 45.2. The molecule has 12 heteroatoms. The zero-order valence-electron chi connectivity index (χ0n) is 25.0. The standard InChI is InChI=1S/C32H40FN5O5S/c1-37(2)44(42,43)36-31(40)28-18-24-16-20(8-13-27(24)35-28)17-29(39)30-25(21-6-4-3-5-7-21)14-15-38(30)32(41)23-11-9-22(10-12-23)26(34)19-33/h3-8,13,16,18,22-23,25-26,30,35H,9-12,14-15,17,19,34H2,1-2H3,(H,36,40)/t22?,23?,25-,26-,30+/m1/s1. The lowest BCUT2D eigenvalue weighted by Crippen LogP contribution is -2.47. The SMILES string of the molecule is CN(C)S(=O)(=O)NC(=O)c1cc2cc(CC(=O)[C@@H]3[C@@H](c4ccccc4)CCN3C(=O)C3CCC([C@H](N)CF)CC3)ccc2[nH]1. The van der Waals surface area contributed by atoms with Gasteiger partial charge in [-0.25, -0.2) is 9.11 Å². The smallest absolute Gasteiger partial charge is 0.303 e. The van der Waals surface area contributed by atoms with Crippen LogP contribution in [0.3, 0.4) is 0 Å². The van der Waals surface area contributed by atoms with Gasteiger partial charge in [0.05, 0.1) is 6.04 Å². The maximum absolute atomic E-state index is 14.1. The summed E-state index contributed by atoms with van der Waals surface area (Å²) in [6.07, 6.45) is 3.45. The summed E-state index contributed by atoms with van der Waals surface area (Å²) in [5, 5.41) is 0.657. The summed E-state index contributed by atoms with van der Waals surface area (Å²) in [7, 11) is -1.32. The van der Waals surface area contributed by atoms with Gasteiger partial charge in [0, 0.05) is 55.8 Å². The second kappa shape index (κ2) is 13.2. The molecule has 5 rings (SSSR count). The number of aromatic amines is 1. The van der Waals surface area contributed by atoms with Crippen molar-refractivity contribution in [2.45, 2.75) is 56.5 Å². The van der Waals surface area contributed by atoms with Crippen molar-refractivity contribution in [1.29, 1.82) is 0 Å². The predicted octanol–water partition coefficient (Wildman–Crippen LogP) is 3.30. The Balaban J connectivity index is 1.35. The predicted molar refractivity (Wildman–Crippen MR) is 166 cm³/mol. The molecule has 236 valence electrons. The van der Waals surface area contributed by atoms with Gasteiger partial charge in [-0.1, -0.05) is 36.4 Å². The molecule has 2 aromatic carbocycles. The molecule has 3 aromatic rings. The summed E-state index contributed by atoms with van der Waals surface area (Å²) in [6.45, 7) is -0.0734. The van der Waals surface area contributed by atoms with Gasteiger partial charge in [-0.05, 0) is 67.3 Å². The third kappa shape index (κ3) is 6.72. The number of nitrogens with two attached hydrogens (primary N) is 1. The molecule has 44 heavy (non-hydrogen) atoms. The molecule has 1 saturated carbocycles. The Morgan fingerprint density at radius 2 is 1.75 bits per heavy atom. The number of Topliss-reactive ketones (excluding diaryl/α,β-unsaturated/α-hetero) is 1. The Kier molecular flexibility index (Phi) is 9.52. The summed E-state index contributed by atoms with van der Waals surface area (Å²) in [5.74, 6) is -1.14. The molecule has 2 amide bonds. The lowest BCUT2D eigenvalue weighted by atomic mass is 9.78. The number of aromatic nitrogens is 1. The lowest BCUT2D eigenvalue weighted by Gasteiger charge is -2.35. The zero-order chi connectivity index (χ0) is 31.6. The number of hydrogen-bond acceptors (Lipinski definition) is 6. The summed E-state index contributed by atoms with van der Waals surface area (Å²) in [5.41, 5.74) is 8.37. The highest BCUT2D eigenvalue weighted by Crippen LogP contribution is 2.38. The highest BCUT2D eigenvalue weighted by molar-refractivity contribution is 7.87. The molecular formula is C32H40FN5O5S. The van der Waals surface area contributed by atoms with E-state index in [-0.39, 0.29) is 41.6 Å². The van der Waals surface area contributed by atoms with E-state index >= 15 is 0 Å². The Bertz CT molecular complexity index is 1620. The molecule has 0 unspecified atom stereocenters. The summed E-state index contributed by atoms with van der Waals surface area (Å²) < 4.78 is 40.2. The van der Waals surface area contributed by atoms with Crippen molar-refractivity contribution in [1.82, 2.24) is 18.9 Å².